The molecule has 0 saturated carbocycles. The normalized spacial score (nSPS) is 26.6. The van der Waals surface area contributed by atoms with Gasteiger partial charge in [-0.15, -0.1) is 10.2 Å². The van der Waals surface area contributed by atoms with Crippen LogP contribution in [0.5, 0.6) is 0 Å². The van der Waals surface area contributed by atoms with Crippen molar-refractivity contribution >= 4 is 0 Å². The number of nitrogens with one attached hydrogen (secondary N) is 2. The van der Waals surface area contributed by atoms with Crippen LogP contribution >= 0.6 is 0 Å². The minimum atomic E-state index is -1.58. The molecule has 12 nitrogen and oxygen atoms in total. The molecule has 2 aliphatic rings. The maximum absolute atomic E-state index is 10.8. The highest BCUT2D eigenvalue weighted by Crippen LogP contribution is 2.30. The van der Waals surface area contributed by atoms with E-state index in [9.17, 15) is 25.4 Å². The Morgan fingerprint density at radius 1 is 1.50 bits per heavy atom. The molecule has 1 aliphatic heterocycles. The third-order valence-corrected chi connectivity index (χ3v) is 2.48. The Kier molecular flexibility index (Phi) is 2.84. The first kappa shape index (κ1) is 12.2. The van der Waals surface area contributed by atoms with Crippen molar-refractivity contribution in [1.82, 2.24) is 16.2 Å². The van der Waals surface area contributed by atoms with Gasteiger partial charge in [-0.25, -0.2) is 5.48 Å². The second-order valence-electron chi connectivity index (χ2n) is 3.41. The van der Waals surface area contributed by atoms with Gasteiger partial charge in [0.15, 0.2) is 6.04 Å². The first-order valence-corrected chi connectivity index (χ1v) is 4.52. The van der Waals surface area contributed by atoms with Gasteiger partial charge in [0.05, 0.1) is 11.0 Å². The minimum absolute atomic E-state index is 0.0796. The molecule has 2 atom stereocenters. The Hall–Kier alpha value is -2.28. The molecule has 12 heteroatoms. The molecule has 4 N–H and O–H groups in total. The molecule has 0 saturated heterocycles. The van der Waals surface area contributed by atoms with Crippen LogP contribution in [0.4, 0.5) is 0 Å². The van der Waals surface area contributed by atoms with Crippen molar-refractivity contribution in [2.45, 2.75) is 12.1 Å². The monoisotopic (exact) mass is 261 g/mol. The lowest BCUT2D eigenvalue weighted by molar-refractivity contribution is -0.504. The van der Waals surface area contributed by atoms with Gasteiger partial charge in [-0.1, -0.05) is 0 Å². The lowest BCUT2D eigenvalue weighted by Gasteiger charge is -2.20. The molecular formula is C6H7N5O7. The van der Waals surface area contributed by atoms with Crippen LogP contribution in [-0.4, -0.2) is 37.6 Å². The molecule has 1 heterocycles. The highest BCUT2D eigenvalue weighted by atomic mass is 17.0. The van der Waals surface area contributed by atoms with Gasteiger partial charge in [0.25, 0.3) is 11.7 Å². The van der Waals surface area contributed by atoms with Gasteiger partial charge in [0, 0.05) is 4.92 Å². The first-order chi connectivity index (χ1) is 8.47. The second-order valence-corrected chi connectivity index (χ2v) is 3.41. The first-order valence-electron chi connectivity index (χ1n) is 4.52. The zero-order valence-electron chi connectivity index (χ0n) is 8.51. The largest absolute Gasteiger partial charge is 0.316 e. The molecule has 0 radical (unpaired) electrons. The van der Waals surface area contributed by atoms with Crippen molar-refractivity contribution < 1.29 is 25.2 Å². The highest BCUT2D eigenvalue weighted by Gasteiger charge is 2.48. The fourth-order valence-corrected chi connectivity index (χ4v) is 1.72. The molecule has 98 valence electrons. The van der Waals surface area contributed by atoms with E-state index < -0.39 is 27.6 Å². The van der Waals surface area contributed by atoms with Crippen molar-refractivity contribution in [3.8, 4) is 0 Å². The lowest BCUT2D eigenvalue weighted by Crippen LogP contribution is -2.43. The fraction of sp³-hybridized carbons (Fsp3) is 0.333. The standard InChI is InChI=1S/C6H7N5O7/c12-7-4-2(9(13)14)1-3(10(15)16)5-6(4)11(17)18-8-5/h1,3-4,7-8,12,17H. The maximum Gasteiger partial charge on any atom is 0.281 e. The number of nitrogens with zero attached hydrogens (tertiary/aromatic N) is 3. The van der Waals surface area contributed by atoms with E-state index in [1.54, 1.807) is 5.48 Å². The van der Waals surface area contributed by atoms with E-state index in [1.807, 2.05) is 0 Å². The summed E-state index contributed by atoms with van der Waals surface area (Å²) in [7, 11) is 0. The molecule has 0 amide bonds. The maximum atomic E-state index is 10.8. The molecule has 1 aliphatic carbocycles. The van der Waals surface area contributed by atoms with Crippen LogP contribution in [0, 0.1) is 20.2 Å². The zero-order valence-corrected chi connectivity index (χ0v) is 8.51. The quantitative estimate of drug-likeness (QED) is 0.347. The topological polar surface area (TPSA) is 163 Å². The number of rotatable bonds is 3. The van der Waals surface area contributed by atoms with Crippen molar-refractivity contribution in [2.24, 2.45) is 0 Å². The van der Waals surface area contributed by atoms with Crippen LogP contribution in [0.25, 0.3) is 0 Å². The Labute approximate surface area is 97.9 Å². The summed E-state index contributed by atoms with van der Waals surface area (Å²) in [5.74, 6) is 0. The van der Waals surface area contributed by atoms with E-state index in [0.29, 0.717) is 0 Å². The van der Waals surface area contributed by atoms with Gasteiger partial charge in [-0.05, 0) is 0 Å². The molecule has 2 unspecified atom stereocenters. The molecule has 2 rings (SSSR count). The smallest absolute Gasteiger partial charge is 0.281 e. The molecule has 0 fully saturated rings. The number of hydrogen-bond acceptors (Lipinski definition) is 10. The van der Waals surface area contributed by atoms with Crippen molar-refractivity contribution in [3.05, 3.63) is 43.4 Å². The van der Waals surface area contributed by atoms with Gasteiger partial charge < -0.3 is 5.21 Å². The minimum Gasteiger partial charge on any atom is -0.316 e. The molecule has 0 aromatic rings. The van der Waals surface area contributed by atoms with Gasteiger partial charge in [0.2, 0.25) is 0 Å². The number of nitro groups is 2. The molecule has 18 heavy (non-hydrogen) atoms. The summed E-state index contributed by atoms with van der Waals surface area (Å²) in [6, 6.07) is -3.03. The molecule has 0 bridgehead atoms. The van der Waals surface area contributed by atoms with Crippen LogP contribution in [-0.2, 0) is 4.94 Å². The Bertz CT molecular complexity index is 473. The summed E-state index contributed by atoms with van der Waals surface area (Å²) in [5, 5.41) is 39.8. The van der Waals surface area contributed by atoms with Crippen molar-refractivity contribution in [2.75, 3.05) is 0 Å². The Morgan fingerprint density at radius 2 is 2.17 bits per heavy atom. The van der Waals surface area contributed by atoms with E-state index in [4.69, 9.17) is 5.21 Å². The van der Waals surface area contributed by atoms with Gasteiger partial charge in [0.1, 0.15) is 11.4 Å². The third kappa shape index (κ3) is 1.65. The van der Waals surface area contributed by atoms with E-state index >= 15 is 0 Å². The van der Waals surface area contributed by atoms with Gasteiger partial charge >= 0.3 is 0 Å². The summed E-state index contributed by atoms with van der Waals surface area (Å²) in [4.78, 5) is 24.2. The summed E-state index contributed by atoms with van der Waals surface area (Å²) in [6.07, 6.45) is 0.738. The second kappa shape index (κ2) is 4.19. The van der Waals surface area contributed by atoms with E-state index in [-0.39, 0.29) is 16.6 Å². The van der Waals surface area contributed by atoms with E-state index in [2.05, 4.69) is 10.4 Å². The Balaban J connectivity index is 2.51. The predicted molar refractivity (Wildman–Crippen MR) is 49.4 cm³/mol. The predicted octanol–water partition coefficient (Wildman–Crippen LogP) is -1.49. The van der Waals surface area contributed by atoms with Gasteiger partial charge in [-0.3, -0.25) is 25.4 Å². The van der Waals surface area contributed by atoms with Crippen molar-refractivity contribution in [1.29, 1.82) is 0 Å². The fourth-order valence-electron chi connectivity index (χ4n) is 1.72. The summed E-state index contributed by atoms with van der Waals surface area (Å²) >= 11 is 0. The Morgan fingerprint density at radius 3 is 2.67 bits per heavy atom. The molecular weight excluding hydrogens is 254 g/mol. The van der Waals surface area contributed by atoms with Crippen molar-refractivity contribution in [3.63, 3.8) is 0 Å². The SMILES string of the molecule is O=[N+]([O-])C1=CC([N+](=O)[O-])C2=C(C1NO)N(O)ON2. The van der Waals surface area contributed by atoms with Crippen LogP contribution in [0.1, 0.15) is 0 Å². The average Bonchev–Trinajstić information content (AvgIpc) is 2.69. The summed E-state index contributed by atoms with van der Waals surface area (Å²) in [6.45, 7) is 0. The average molecular weight is 261 g/mol. The van der Waals surface area contributed by atoms with E-state index in [1.165, 1.54) is 0 Å². The highest BCUT2D eigenvalue weighted by molar-refractivity contribution is 5.35. The van der Waals surface area contributed by atoms with Crippen LogP contribution in [0.2, 0.25) is 0 Å². The molecule has 0 spiro atoms. The van der Waals surface area contributed by atoms with Crippen LogP contribution < -0.4 is 11.0 Å². The number of hydroxylamine groups is 4. The lowest BCUT2D eigenvalue weighted by atomic mass is 9.98. The van der Waals surface area contributed by atoms with Gasteiger partial charge in [-0.2, -0.15) is 5.48 Å². The molecule has 0 aromatic heterocycles. The van der Waals surface area contributed by atoms with Crippen LogP contribution in [0.3, 0.4) is 0 Å². The number of hydrogen-bond donors (Lipinski definition) is 4. The third-order valence-electron chi connectivity index (χ3n) is 2.48. The summed E-state index contributed by atoms with van der Waals surface area (Å²) in [5.41, 5.74) is 2.41. The zero-order chi connectivity index (χ0) is 13.4. The summed E-state index contributed by atoms with van der Waals surface area (Å²) < 4.78 is 0. The van der Waals surface area contributed by atoms with E-state index in [0.717, 1.165) is 6.08 Å². The molecule has 0 aromatic carbocycles. The van der Waals surface area contributed by atoms with Crippen LogP contribution in [0.15, 0.2) is 23.2 Å².